The number of rotatable bonds is 6. The summed E-state index contributed by atoms with van der Waals surface area (Å²) in [7, 11) is 0. The molecule has 3 aliphatic heterocycles. The van der Waals surface area contributed by atoms with Gasteiger partial charge < -0.3 is 15.1 Å². The van der Waals surface area contributed by atoms with Gasteiger partial charge in [-0.2, -0.15) is 0 Å². The van der Waals surface area contributed by atoms with E-state index in [2.05, 4.69) is 22.0 Å². The first-order valence-electron chi connectivity index (χ1n) is 11.1. The summed E-state index contributed by atoms with van der Waals surface area (Å²) in [5, 5.41) is 3.07. The third-order valence-electron chi connectivity index (χ3n) is 6.90. The van der Waals surface area contributed by atoms with E-state index in [1.165, 1.54) is 12.1 Å². The predicted octanol–water partition coefficient (Wildman–Crippen LogP) is 2.60. The lowest BCUT2D eigenvalue weighted by atomic mass is 9.72. The van der Waals surface area contributed by atoms with Crippen molar-refractivity contribution >= 4 is 11.8 Å². The third kappa shape index (κ3) is 4.47. The molecule has 4 atom stereocenters. The summed E-state index contributed by atoms with van der Waals surface area (Å²) in [5.41, 5.74) is 0.798. The maximum Gasteiger partial charge on any atom is 0.224 e. The minimum atomic E-state index is -0.297. The fraction of sp³-hybridized carbons (Fsp3) is 0.652. The summed E-state index contributed by atoms with van der Waals surface area (Å²) in [6.45, 7) is 5.95. The first-order valence-corrected chi connectivity index (χ1v) is 11.1. The molecule has 0 radical (unpaired) electrons. The Labute approximate surface area is 172 Å². The van der Waals surface area contributed by atoms with Crippen molar-refractivity contribution in [2.75, 3.05) is 26.2 Å². The normalized spacial score (nSPS) is 29.4. The third-order valence-corrected chi connectivity index (χ3v) is 6.90. The molecule has 1 N–H and O–H groups in total. The van der Waals surface area contributed by atoms with E-state index < -0.39 is 0 Å². The molecule has 29 heavy (non-hydrogen) atoms. The number of fused-ring (bicyclic) bond motifs is 4. The van der Waals surface area contributed by atoms with Crippen molar-refractivity contribution in [2.24, 2.45) is 11.8 Å². The number of amides is 2. The van der Waals surface area contributed by atoms with Gasteiger partial charge in [0.25, 0.3) is 0 Å². The van der Waals surface area contributed by atoms with Crippen LogP contribution in [0.25, 0.3) is 0 Å². The molecule has 1 aromatic carbocycles. The number of piperidine rings is 3. The molecule has 3 fully saturated rings. The highest BCUT2D eigenvalue weighted by molar-refractivity contribution is 5.79. The van der Waals surface area contributed by atoms with E-state index in [1.54, 1.807) is 12.1 Å². The first-order chi connectivity index (χ1) is 14.0. The minimum Gasteiger partial charge on any atom is -0.354 e. The van der Waals surface area contributed by atoms with E-state index in [-0.39, 0.29) is 30.1 Å². The Hall–Kier alpha value is -1.95. The molecule has 3 saturated heterocycles. The van der Waals surface area contributed by atoms with Crippen molar-refractivity contribution in [1.29, 1.82) is 0 Å². The van der Waals surface area contributed by atoms with Crippen LogP contribution in [0.15, 0.2) is 24.3 Å². The average Bonchev–Trinajstić information content (AvgIpc) is 2.70. The number of carbonyl (C=O) groups excluding carboxylic acids is 2. The lowest BCUT2D eigenvalue weighted by Gasteiger charge is -2.56. The van der Waals surface area contributed by atoms with Crippen molar-refractivity contribution in [3.63, 3.8) is 0 Å². The van der Waals surface area contributed by atoms with E-state index in [1.807, 2.05) is 0 Å². The second-order valence-corrected chi connectivity index (χ2v) is 8.95. The van der Waals surface area contributed by atoms with Gasteiger partial charge in [-0.25, -0.2) is 4.39 Å². The molecule has 2 amide bonds. The highest BCUT2D eigenvalue weighted by Crippen LogP contribution is 2.41. The highest BCUT2D eigenvalue weighted by Gasteiger charge is 2.49. The molecule has 0 spiro atoms. The smallest absolute Gasteiger partial charge is 0.224 e. The van der Waals surface area contributed by atoms with Crippen LogP contribution in [0, 0.1) is 17.7 Å². The zero-order valence-electron chi connectivity index (χ0n) is 17.3. The zero-order valence-corrected chi connectivity index (χ0v) is 17.3. The summed E-state index contributed by atoms with van der Waals surface area (Å²) in [6, 6.07) is 6.46. The van der Waals surface area contributed by atoms with Crippen LogP contribution in [-0.4, -0.2) is 59.9 Å². The molecule has 0 aromatic heterocycles. The maximum absolute atomic E-state index is 13.1. The van der Waals surface area contributed by atoms with Gasteiger partial charge >= 0.3 is 0 Å². The largest absolute Gasteiger partial charge is 0.354 e. The average molecular weight is 402 g/mol. The summed E-state index contributed by atoms with van der Waals surface area (Å²) >= 11 is 0. The number of nitrogens with zero attached hydrogens (tertiary/aromatic N) is 2. The van der Waals surface area contributed by atoms with Crippen molar-refractivity contribution < 1.29 is 14.0 Å². The Morgan fingerprint density at radius 2 is 1.97 bits per heavy atom. The number of halogens is 1. The van der Waals surface area contributed by atoms with Crippen LogP contribution in [0.4, 0.5) is 4.39 Å². The standard InChI is InChI=1S/C23H32FN3O2/c1-2-10-26-14-17-12-18(15-26)21(27-20(17)4-3-5-23(27)29)13-25-22(28)11-16-6-8-19(24)9-7-16/h6-9,17-18,20-21H,2-5,10-15H2,1H3,(H,25,28)/t17-,18+,20+,21+/m1/s1. The summed E-state index contributed by atoms with van der Waals surface area (Å²) in [4.78, 5) is 30.0. The van der Waals surface area contributed by atoms with Crippen LogP contribution in [0.5, 0.6) is 0 Å². The highest BCUT2D eigenvalue weighted by atomic mass is 19.1. The van der Waals surface area contributed by atoms with Gasteiger partial charge in [-0.1, -0.05) is 19.1 Å². The Balaban J connectivity index is 1.44. The van der Waals surface area contributed by atoms with Gasteiger partial charge in [0, 0.05) is 32.1 Å². The van der Waals surface area contributed by atoms with Gasteiger partial charge in [0.05, 0.1) is 12.5 Å². The molecule has 158 valence electrons. The number of benzene rings is 1. The number of likely N-dealkylation sites (tertiary alicyclic amines) is 1. The van der Waals surface area contributed by atoms with Gasteiger partial charge in [0.1, 0.15) is 5.82 Å². The molecule has 3 heterocycles. The quantitative estimate of drug-likeness (QED) is 0.797. The van der Waals surface area contributed by atoms with Crippen molar-refractivity contribution in [1.82, 2.24) is 15.1 Å². The number of carbonyl (C=O) groups is 2. The van der Waals surface area contributed by atoms with Crippen molar-refractivity contribution in [3.8, 4) is 0 Å². The Kier molecular flexibility index (Phi) is 6.18. The van der Waals surface area contributed by atoms with Crippen LogP contribution in [0.1, 0.15) is 44.6 Å². The Bertz CT molecular complexity index is 736. The van der Waals surface area contributed by atoms with Crippen LogP contribution < -0.4 is 5.32 Å². The molecule has 6 heteroatoms. The fourth-order valence-electron chi connectivity index (χ4n) is 5.70. The molecule has 3 aliphatic rings. The molecular weight excluding hydrogens is 369 g/mol. The van der Waals surface area contributed by atoms with Crippen LogP contribution >= 0.6 is 0 Å². The van der Waals surface area contributed by atoms with Crippen molar-refractivity contribution in [2.45, 2.75) is 57.5 Å². The van der Waals surface area contributed by atoms with E-state index in [9.17, 15) is 14.0 Å². The van der Waals surface area contributed by atoms with E-state index in [4.69, 9.17) is 0 Å². The monoisotopic (exact) mass is 401 g/mol. The van der Waals surface area contributed by atoms with Crippen LogP contribution in [-0.2, 0) is 16.0 Å². The number of hydrogen-bond acceptors (Lipinski definition) is 3. The SMILES string of the molecule is CCCN1C[C@H]2C[C@@H](C1)[C@H](CNC(=O)Cc1ccc(F)cc1)N1C(=O)CCC[C@@H]21. The second kappa shape index (κ2) is 8.82. The summed E-state index contributed by atoms with van der Waals surface area (Å²) in [6.07, 6.45) is 5.24. The van der Waals surface area contributed by atoms with Gasteiger partial charge in [-0.3, -0.25) is 9.59 Å². The topological polar surface area (TPSA) is 52.7 Å². The number of nitrogens with one attached hydrogen (secondary N) is 1. The van der Waals surface area contributed by atoms with Crippen LogP contribution in [0.3, 0.4) is 0 Å². The Morgan fingerprint density at radius 1 is 1.21 bits per heavy atom. The van der Waals surface area contributed by atoms with Crippen LogP contribution in [0.2, 0.25) is 0 Å². The summed E-state index contributed by atoms with van der Waals surface area (Å²) in [5.74, 6) is 0.883. The van der Waals surface area contributed by atoms with E-state index >= 15 is 0 Å². The van der Waals surface area contributed by atoms with Gasteiger partial charge in [-0.05, 0) is 61.8 Å². The molecule has 5 nitrogen and oxygen atoms in total. The lowest BCUT2D eigenvalue weighted by molar-refractivity contribution is -0.153. The molecule has 4 rings (SSSR count). The number of hydrogen-bond donors (Lipinski definition) is 1. The van der Waals surface area contributed by atoms with E-state index in [0.29, 0.717) is 30.8 Å². The molecule has 2 bridgehead atoms. The fourth-order valence-corrected chi connectivity index (χ4v) is 5.70. The predicted molar refractivity (Wildman–Crippen MR) is 110 cm³/mol. The van der Waals surface area contributed by atoms with Gasteiger partial charge in [0.2, 0.25) is 11.8 Å². The molecule has 0 saturated carbocycles. The molecule has 1 aromatic rings. The molecular formula is C23H32FN3O2. The maximum atomic E-state index is 13.1. The second-order valence-electron chi connectivity index (χ2n) is 8.95. The van der Waals surface area contributed by atoms with E-state index in [0.717, 1.165) is 50.9 Å². The zero-order chi connectivity index (χ0) is 20.4. The summed E-state index contributed by atoms with van der Waals surface area (Å²) < 4.78 is 13.1. The first kappa shape index (κ1) is 20.3. The van der Waals surface area contributed by atoms with Gasteiger partial charge in [0.15, 0.2) is 0 Å². The lowest BCUT2D eigenvalue weighted by Crippen LogP contribution is -2.67. The molecule has 0 unspecified atom stereocenters. The van der Waals surface area contributed by atoms with Gasteiger partial charge in [-0.15, -0.1) is 0 Å². The van der Waals surface area contributed by atoms with Crippen molar-refractivity contribution in [3.05, 3.63) is 35.6 Å². The Morgan fingerprint density at radius 3 is 2.72 bits per heavy atom. The minimum absolute atomic E-state index is 0.0686. The molecule has 0 aliphatic carbocycles.